The fourth-order valence-corrected chi connectivity index (χ4v) is 2.51. The number of carbonyl (C=O) groups is 2. The fraction of sp³-hybridized carbons (Fsp3) is 0.875. The summed E-state index contributed by atoms with van der Waals surface area (Å²) < 4.78 is 0. The van der Waals surface area contributed by atoms with E-state index in [1.807, 2.05) is 41.5 Å². The van der Waals surface area contributed by atoms with Crippen LogP contribution in [0.25, 0.3) is 0 Å². The van der Waals surface area contributed by atoms with Crippen molar-refractivity contribution in [1.29, 1.82) is 0 Å². The van der Waals surface area contributed by atoms with E-state index in [-0.39, 0.29) is 28.7 Å². The third-order valence-corrected chi connectivity index (χ3v) is 3.85. The van der Waals surface area contributed by atoms with Crippen molar-refractivity contribution in [1.82, 2.24) is 5.32 Å². The fourth-order valence-electron chi connectivity index (χ4n) is 2.51. The topological polar surface area (TPSA) is 46.2 Å². The summed E-state index contributed by atoms with van der Waals surface area (Å²) >= 11 is 0. The van der Waals surface area contributed by atoms with Crippen LogP contribution in [0.5, 0.6) is 0 Å². The van der Waals surface area contributed by atoms with E-state index in [0.29, 0.717) is 5.78 Å². The maximum Gasteiger partial charge on any atom is 0.225 e. The molecule has 1 aliphatic carbocycles. The summed E-state index contributed by atoms with van der Waals surface area (Å²) in [6, 6.07) is 0.246. The maximum absolute atomic E-state index is 12.2. The van der Waals surface area contributed by atoms with E-state index in [0.717, 1.165) is 25.7 Å². The van der Waals surface area contributed by atoms with Crippen LogP contribution in [-0.4, -0.2) is 17.7 Å². The van der Waals surface area contributed by atoms with Crippen LogP contribution >= 0.6 is 0 Å². The average molecular weight is 267 g/mol. The molecule has 1 amide bonds. The molecule has 0 atom stereocenters. The summed E-state index contributed by atoms with van der Waals surface area (Å²) in [5.74, 6) is 0.661. The van der Waals surface area contributed by atoms with Crippen LogP contribution in [0.15, 0.2) is 0 Å². The first-order valence-electron chi connectivity index (χ1n) is 7.37. The molecule has 0 saturated heterocycles. The number of Topliss-reactive ketones (excluding diaryl/α,β-unsaturated/α-hetero) is 1. The summed E-state index contributed by atoms with van der Waals surface area (Å²) in [5.41, 5.74) is -0.579. The Hall–Kier alpha value is -0.860. The maximum atomic E-state index is 12.2. The highest BCUT2D eigenvalue weighted by atomic mass is 16.2. The molecule has 0 radical (unpaired) electrons. The molecule has 1 aliphatic rings. The molecule has 0 aliphatic heterocycles. The van der Waals surface area contributed by atoms with Crippen molar-refractivity contribution in [2.24, 2.45) is 16.7 Å². The van der Waals surface area contributed by atoms with Crippen molar-refractivity contribution in [3.8, 4) is 0 Å². The van der Waals surface area contributed by atoms with E-state index in [2.05, 4.69) is 5.32 Å². The zero-order valence-electron chi connectivity index (χ0n) is 13.3. The van der Waals surface area contributed by atoms with Crippen molar-refractivity contribution in [3.05, 3.63) is 0 Å². The van der Waals surface area contributed by atoms with E-state index in [1.54, 1.807) is 0 Å². The minimum Gasteiger partial charge on any atom is -0.353 e. The van der Waals surface area contributed by atoms with Gasteiger partial charge in [-0.3, -0.25) is 9.59 Å². The number of hydrogen-bond donors (Lipinski definition) is 1. The highest BCUT2D eigenvalue weighted by Gasteiger charge is 2.33. The molecule has 1 rings (SSSR count). The highest BCUT2D eigenvalue weighted by molar-refractivity contribution is 5.86. The summed E-state index contributed by atoms with van der Waals surface area (Å²) in [5, 5.41) is 3.11. The van der Waals surface area contributed by atoms with Crippen LogP contribution in [-0.2, 0) is 9.59 Å². The van der Waals surface area contributed by atoms with Gasteiger partial charge in [0.15, 0.2) is 0 Å². The van der Waals surface area contributed by atoms with Gasteiger partial charge in [0.1, 0.15) is 5.78 Å². The molecule has 110 valence electrons. The van der Waals surface area contributed by atoms with Gasteiger partial charge in [0, 0.05) is 22.8 Å². The molecular formula is C16H29NO2. The third kappa shape index (κ3) is 4.63. The zero-order chi connectivity index (χ0) is 14.8. The SMILES string of the molecule is CC(C)(C)C(=O)NC1CCC(C(=O)C(C)(C)C)CC1. The van der Waals surface area contributed by atoms with E-state index in [9.17, 15) is 9.59 Å². The van der Waals surface area contributed by atoms with Crippen LogP contribution in [0.4, 0.5) is 0 Å². The molecule has 3 nitrogen and oxygen atoms in total. The van der Waals surface area contributed by atoms with Gasteiger partial charge in [-0.15, -0.1) is 0 Å². The number of nitrogens with one attached hydrogen (secondary N) is 1. The largest absolute Gasteiger partial charge is 0.353 e. The third-order valence-electron chi connectivity index (χ3n) is 3.85. The second kappa shape index (κ2) is 5.64. The van der Waals surface area contributed by atoms with Gasteiger partial charge >= 0.3 is 0 Å². The van der Waals surface area contributed by atoms with Gasteiger partial charge in [0.2, 0.25) is 5.91 Å². The number of hydrogen-bond acceptors (Lipinski definition) is 2. The molecule has 0 aromatic carbocycles. The lowest BCUT2D eigenvalue weighted by Gasteiger charge is -2.33. The Bertz CT molecular complexity index is 339. The van der Waals surface area contributed by atoms with Crippen molar-refractivity contribution < 1.29 is 9.59 Å². The van der Waals surface area contributed by atoms with Gasteiger partial charge in [0.05, 0.1) is 0 Å². The number of amides is 1. The first kappa shape index (κ1) is 16.2. The van der Waals surface area contributed by atoms with Gasteiger partial charge in [-0.05, 0) is 25.7 Å². The molecule has 0 heterocycles. The standard InChI is InChI=1S/C16H29NO2/c1-15(2,3)13(18)11-7-9-12(10-8-11)17-14(19)16(4,5)6/h11-12H,7-10H2,1-6H3,(H,17,19). The lowest BCUT2D eigenvalue weighted by atomic mass is 9.75. The Kier molecular flexibility index (Phi) is 4.81. The molecule has 0 aromatic heterocycles. The first-order valence-corrected chi connectivity index (χ1v) is 7.37. The molecule has 19 heavy (non-hydrogen) atoms. The van der Waals surface area contributed by atoms with Crippen molar-refractivity contribution in [3.63, 3.8) is 0 Å². The van der Waals surface area contributed by atoms with E-state index >= 15 is 0 Å². The number of ketones is 1. The predicted octanol–water partition coefficient (Wildman–Crippen LogP) is 3.32. The summed E-state index contributed by atoms with van der Waals surface area (Å²) in [4.78, 5) is 24.1. The molecular weight excluding hydrogens is 238 g/mol. The lowest BCUT2D eigenvalue weighted by Crippen LogP contribution is -2.44. The molecule has 0 spiro atoms. The number of rotatable bonds is 2. The molecule has 1 N–H and O–H groups in total. The predicted molar refractivity (Wildman–Crippen MR) is 77.8 cm³/mol. The minimum absolute atomic E-state index is 0.109. The average Bonchev–Trinajstić information content (AvgIpc) is 2.26. The quantitative estimate of drug-likeness (QED) is 0.834. The highest BCUT2D eigenvalue weighted by Crippen LogP contribution is 2.31. The molecule has 1 fully saturated rings. The Morgan fingerprint density at radius 1 is 0.842 bits per heavy atom. The van der Waals surface area contributed by atoms with Crippen molar-refractivity contribution in [2.45, 2.75) is 73.3 Å². The summed E-state index contributed by atoms with van der Waals surface area (Å²) in [7, 11) is 0. The Labute approximate surface area is 117 Å². The molecule has 0 aromatic rings. The Morgan fingerprint density at radius 2 is 1.32 bits per heavy atom. The smallest absolute Gasteiger partial charge is 0.225 e. The molecule has 1 saturated carbocycles. The van der Waals surface area contributed by atoms with Crippen molar-refractivity contribution in [2.75, 3.05) is 0 Å². The lowest BCUT2D eigenvalue weighted by molar-refractivity contribution is -0.132. The van der Waals surface area contributed by atoms with Crippen LogP contribution in [0.2, 0.25) is 0 Å². The second-order valence-corrected chi connectivity index (χ2v) is 7.89. The van der Waals surface area contributed by atoms with Gasteiger partial charge in [0.25, 0.3) is 0 Å². The first-order chi connectivity index (χ1) is 8.51. The van der Waals surface area contributed by atoms with Gasteiger partial charge < -0.3 is 5.32 Å². The molecule has 3 heteroatoms. The van der Waals surface area contributed by atoms with Gasteiger partial charge in [-0.25, -0.2) is 0 Å². The van der Waals surface area contributed by atoms with E-state index in [1.165, 1.54) is 0 Å². The van der Waals surface area contributed by atoms with E-state index < -0.39 is 0 Å². The Morgan fingerprint density at radius 3 is 1.68 bits per heavy atom. The van der Waals surface area contributed by atoms with Gasteiger partial charge in [-0.2, -0.15) is 0 Å². The molecule has 0 bridgehead atoms. The van der Waals surface area contributed by atoms with Crippen LogP contribution in [0.1, 0.15) is 67.2 Å². The Balaban J connectivity index is 2.46. The minimum atomic E-state index is -0.335. The zero-order valence-corrected chi connectivity index (χ0v) is 13.3. The van der Waals surface area contributed by atoms with Gasteiger partial charge in [-0.1, -0.05) is 41.5 Å². The van der Waals surface area contributed by atoms with Crippen LogP contribution < -0.4 is 5.32 Å². The van der Waals surface area contributed by atoms with Crippen LogP contribution in [0, 0.1) is 16.7 Å². The monoisotopic (exact) mass is 267 g/mol. The number of carbonyl (C=O) groups excluding carboxylic acids is 2. The normalized spacial score (nSPS) is 24.9. The summed E-state index contributed by atoms with van der Waals surface area (Å²) in [6.45, 7) is 11.7. The van der Waals surface area contributed by atoms with E-state index in [4.69, 9.17) is 0 Å². The van der Waals surface area contributed by atoms with Crippen LogP contribution in [0.3, 0.4) is 0 Å². The second-order valence-electron chi connectivity index (χ2n) is 7.89. The summed E-state index contributed by atoms with van der Waals surface area (Å²) in [6.07, 6.45) is 3.67. The molecule has 0 unspecified atom stereocenters. The van der Waals surface area contributed by atoms with Crippen molar-refractivity contribution >= 4 is 11.7 Å².